The Labute approximate surface area is 122 Å². The van der Waals surface area contributed by atoms with E-state index >= 15 is 0 Å². The van der Waals surface area contributed by atoms with Crippen molar-refractivity contribution in [2.75, 3.05) is 39.9 Å². The lowest BCUT2D eigenvalue weighted by Crippen LogP contribution is -2.31. The van der Waals surface area contributed by atoms with E-state index in [9.17, 15) is 4.39 Å². The molecule has 1 rings (SSSR count). The third-order valence-electron chi connectivity index (χ3n) is 3.57. The highest BCUT2D eigenvalue weighted by Crippen LogP contribution is 2.19. The molecule has 0 aliphatic rings. The molecule has 0 bridgehead atoms. The molecule has 0 radical (unpaired) electrons. The van der Waals surface area contributed by atoms with E-state index in [1.54, 1.807) is 6.07 Å². The minimum atomic E-state index is -0.135. The highest BCUT2D eigenvalue weighted by Gasteiger charge is 2.14. The molecule has 1 atom stereocenters. The van der Waals surface area contributed by atoms with Gasteiger partial charge < -0.3 is 15.0 Å². The van der Waals surface area contributed by atoms with Crippen molar-refractivity contribution in [1.29, 1.82) is 0 Å². The highest BCUT2D eigenvalue weighted by molar-refractivity contribution is 5.21. The van der Waals surface area contributed by atoms with Crippen LogP contribution in [0.2, 0.25) is 0 Å². The summed E-state index contributed by atoms with van der Waals surface area (Å²) in [6.07, 6.45) is 0.886. The van der Waals surface area contributed by atoms with Crippen molar-refractivity contribution in [3.05, 3.63) is 35.6 Å². The molecule has 0 saturated heterocycles. The van der Waals surface area contributed by atoms with Gasteiger partial charge in [-0.3, -0.25) is 0 Å². The maximum atomic E-state index is 13.8. The predicted molar refractivity (Wildman–Crippen MR) is 81.4 cm³/mol. The number of hydrogen-bond donors (Lipinski definition) is 1. The van der Waals surface area contributed by atoms with Gasteiger partial charge in [-0.15, -0.1) is 0 Å². The van der Waals surface area contributed by atoms with E-state index in [2.05, 4.69) is 17.1 Å². The SMILES string of the molecule is CCOCCN(CC)CCC(NC)c1ccccc1F. The summed E-state index contributed by atoms with van der Waals surface area (Å²) in [5.41, 5.74) is 0.746. The Bertz CT molecular complexity index is 373. The Morgan fingerprint density at radius 2 is 2.00 bits per heavy atom. The number of nitrogens with one attached hydrogen (secondary N) is 1. The first kappa shape index (κ1) is 17.1. The molecule has 1 unspecified atom stereocenters. The Balaban J connectivity index is 2.49. The van der Waals surface area contributed by atoms with Crippen LogP contribution in [0.4, 0.5) is 4.39 Å². The van der Waals surface area contributed by atoms with E-state index in [1.807, 2.05) is 26.1 Å². The van der Waals surface area contributed by atoms with Gasteiger partial charge in [-0.1, -0.05) is 25.1 Å². The number of hydrogen-bond acceptors (Lipinski definition) is 3. The standard InChI is InChI=1S/C16H27FN2O/c1-4-19(12-13-20-5-2)11-10-16(18-3)14-8-6-7-9-15(14)17/h6-9,16,18H,4-5,10-13H2,1-3H3. The molecule has 0 amide bonds. The molecule has 0 saturated carbocycles. The van der Waals surface area contributed by atoms with Crippen molar-refractivity contribution in [3.63, 3.8) is 0 Å². The van der Waals surface area contributed by atoms with Crippen molar-refractivity contribution >= 4 is 0 Å². The van der Waals surface area contributed by atoms with Crippen molar-refractivity contribution in [3.8, 4) is 0 Å². The molecule has 0 heterocycles. The fourth-order valence-corrected chi connectivity index (χ4v) is 2.29. The summed E-state index contributed by atoms with van der Waals surface area (Å²) in [5, 5.41) is 3.21. The van der Waals surface area contributed by atoms with E-state index in [-0.39, 0.29) is 11.9 Å². The molecule has 1 aromatic carbocycles. The van der Waals surface area contributed by atoms with E-state index in [1.165, 1.54) is 6.07 Å². The average Bonchev–Trinajstić information content (AvgIpc) is 2.47. The predicted octanol–water partition coefficient (Wildman–Crippen LogP) is 2.83. The van der Waals surface area contributed by atoms with Gasteiger partial charge in [0.2, 0.25) is 0 Å². The first-order valence-corrected chi connectivity index (χ1v) is 7.44. The summed E-state index contributed by atoms with van der Waals surface area (Å²) in [4.78, 5) is 2.33. The first-order chi connectivity index (χ1) is 9.72. The monoisotopic (exact) mass is 282 g/mol. The average molecular weight is 282 g/mol. The van der Waals surface area contributed by atoms with Crippen LogP contribution in [0, 0.1) is 5.82 Å². The van der Waals surface area contributed by atoms with Crippen molar-refractivity contribution in [2.24, 2.45) is 0 Å². The van der Waals surface area contributed by atoms with Crippen molar-refractivity contribution in [2.45, 2.75) is 26.3 Å². The molecule has 114 valence electrons. The third kappa shape index (κ3) is 5.57. The van der Waals surface area contributed by atoms with Crippen LogP contribution in [-0.2, 0) is 4.74 Å². The van der Waals surface area contributed by atoms with Crippen LogP contribution < -0.4 is 5.32 Å². The maximum Gasteiger partial charge on any atom is 0.127 e. The van der Waals surface area contributed by atoms with Gasteiger partial charge in [-0.05, 0) is 33.0 Å². The molecule has 0 aromatic heterocycles. The summed E-state index contributed by atoms with van der Waals surface area (Å²) in [6, 6.07) is 7.04. The molecule has 1 N–H and O–H groups in total. The molecule has 4 heteroatoms. The molecule has 0 aliphatic heterocycles. The summed E-state index contributed by atoms with van der Waals surface area (Å²) in [5.74, 6) is -0.135. The van der Waals surface area contributed by atoms with Crippen molar-refractivity contribution < 1.29 is 9.13 Å². The molecule has 0 spiro atoms. The summed E-state index contributed by atoms with van der Waals surface area (Å²) >= 11 is 0. The topological polar surface area (TPSA) is 24.5 Å². The van der Waals surface area contributed by atoms with E-state index in [0.717, 1.165) is 44.8 Å². The molecule has 1 aromatic rings. The second kappa shape index (κ2) is 9.86. The van der Waals surface area contributed by atoms with Gasteiger partial charge in [0.15, 0.2) is 0 Å². The van der Waals surface area contributed by atoms with E-state index in [4.69, 9.17) is 4.74 Å². The number of ether oxygens (including phenoxy) is 1. The number of nitrogens with zero attached hydrogens (tertiary/aromatic N) is 1. The van der Waals surface area contributed by atoms with Gasteiger partial charge in [0, 0.05) is 31.3 Å². The van der Waals surface area contributed by atoms with E-state index < -0.39 is 0 Å². The quantitative estimate of drug-likeness (QED) is 0.668. The van der Waals surface area contributed by atoms with Crippen molar-refractivity contribution in [1.82, 2.24) is 10.2 Å². The smallest absolute Gasteiger partial charge is 0.127 e. The summed E-state index contributed by atoms with van der Waals surface area (Å²) in [7, 11) is 1.88. The Morgan fingerprint density at radius 1 is 1.25 bits per heavy atom. The van der Waals surface area contributed by atoms with Gasteiger partial charge in [0.25, 0.3) is 0 Å². The van der Waals surface area contributed by atoms with E-state index in [0.29, 0.717) is 0 Å². The summed E-state index contributed by atoms with van der Waals surface area (Å²) < 4.78 is 19.2. The fraction of sp³-hybridized carbons (Fsp3) is 0.625. The maximum absolute atomic E-state index is 13.8. The van der Waals surface area contributed by atoms with Gasteiger partial charge in [-0.2, -0.15) is 0 Å². The van der Waals surface area contributed by atoms with Gasteiger partial charge in [0.05, 0.1) is 6.61 Å². The van der Waals surface area contributed by atoms with Gasteiger partial charge in [0.1, 0.15) is 5.82 Å². The lowest BCUT2D eigenvalue weighted by atomic mass is 10.0. The number of benzene rings is 1. The number of halogens is 1. The van der Waals surface area contributed by atoms with Crippen LogP contribution in [0.3, 0.4) is 0 Å². The fourth-order valence-electron chi connectivity index (χ4n) is 2.29. The van der Waals surface area contributed by atoms with Gasteiger partial charge in [-0.25, -0.2) is 4.39 Å². The van der Waals surface area contributed by atoms with Crippen LogP contribution in [0.25, 0.3) is 0 Å². The molecule has 0 aliphatic carbocycles. The Morgan fingerprint density at radius 3 is 2.60 bits per heavy atom. The molecule has 3 nitrogen and oxygen atoms in total. The number of rotatable bonds is 10. The molecule has 0 fully saturated rings. The van der Waals surface area contributed by atoms with Crippen LogP contribution in [0.15, 0.2) is 24.3 Å². The number of likely N-dealkylation sites (N-methyl/N-ethyl adjacent to an activating group) is 1. The second-order valence-corrected chi connectivity index (χ2v) is 4.78. The zero-order valence-electron chi connectivity index (χ0n) is 12.9. The molecular weight excluding hydrogens is 255 g/mol. The van der Waals surface area contributed by atoms with Crippen LogP contribution in [0.1, 0.15) is 31.9 Å². The lowest BCUT2D eigenvalue weighted by molar-refractivity contribution is 0.113. The minimum Gasteiger partial charge on any atom is -0.380 e. The van der Waals surface area contributed by atoms with Crippen LogP contribution in [0.5, 0.6) is 0 Å². The molecule has 20 heavy (non-hydrogen) atoms. The minimum absolute atomic E-state index is 0.0531. The summed E-state index contributed by atoms with van der Waals surface area (Å²) in [6.45, 7) is 8.51. The van der Waals surface area contributed by atoms with Crippen LogP contribution >= 0.6 is 0 Å². The highest BCUT2D eigenvalue weighted by atomic mass is 19.1. The normalized spacial score (nSPS) is 12.8. The molecular formula is C16H27FN2O. The van der Waals surface area contributed by atoms with Gasteiger partial charge >= 0.3 is 0 Å². The Kier molecular flexibility index (Phi) is 8.42. The largest absolute Gasteiger partial charge is 0.380 e. The second-order valence-electron chi connectivity index (χ2n) is 4.78. The Hall–Kier alpha value is -0.970. The zero-order valence-corrected chi connectivity index (χ0v) is 12.9. The lowest BCUT2D eigenvalue weighted by Gasteiger charge is -2.24. The first-order valence-electron chi connectivity index (χ1n) is 7.44. The third-order valence-corrected chi connectivity index (χ3v) is 3.57. The zero-order chi connectivity index (χ0) is 14.8. The van der Waals surface area contributed by atoms with Crippen LogP contribution in [-0.4, -0.2) is 44.8 Å².